The molecule has 0 saturated carbocycles. The summed E-state index contributed by atoms with van der Waals surface area (Å²) in [5, 5.41) is 5.23. The van der Waals surface area contributed by atoms with Crippen molar-refractivity contribution in [3.8, 4) is 0 Å². The normalized spacial score (nSPS) is 18.9. The van der Waals surface area contributed by atoms with E-state index in [9.17, 15) is 0 Å². The summed E-state index contributed by atoms with van der Waals surface area (Å²) in [4.78, 5) is 7.47. The largest absolute Gasteiger partial charge is 0.344 e. The number of anilines is 1. The van der Waals surface area contributed by atoms with Crippen LogP contribution in [0.2, 0.25) is 0 Å². The van der Waals surface area contributed by atoms with Crippen LogP contribution >= 0.6 is 0 Å². The number of aliphatic imine (C=N–C) groups is 1. The van der Waals surface area contributed by atoms with Crippen LogP contribution in [-0.4, -0.2) is 12.3 Å². The third-order valence-corrected chi connectivity index (χ3v) is 8.21. The molecule has 2 nitrogen and oxygen atoms in total. The molecular formula is C35H34N2. The Kier molecular flexibility index (Phi) is 5.45. The molecule has 0 spiro atoms. The topological polar surface area (TPSA) is 15.6 Å². The number of rotatable bonds is 4. The van der Waals surface area contributed by atoms with Crippen molar-refractivity contribution in [1.82, 2.24) is 0 Å². The molecule has 6 rings (SSSR count). The second kappa shape index (κ2) is 8.59. The quantitative estimate of drug-likeness (QED) is 0.265. The van der Waals surface area contributed by atoms with Crippen LogP contribution in [0.15, 0.2) is 114 Å². The van der Waals surface area contributed by atoms with E-state index in [1.807, 2.05) is 0 Å². The zero-order valence-corrected chi connectivity index (χ0v) is 22.4. The van der Waals surface area contributed by atoms with Crippen molar-refractivity contribution in [3.63, 3.8) is 0 Å². The van der Waals surface area contributed by atoms with Crippen molar-refractivity contribution in [3.05, 3.63) is 120 Å². The number of hydrogen-bond acceptors (Lipinski definition) is 2. The molecule has 2 heterocycles. The Hall–Kier alpha value is -3.91. The summed E-state index contributed by atoms with van der Waals surface area (Å²) >= 11 is 0. The minimum absolute atomic E-state index is 0.0690. The smallest absolute Gasteiger partial charge is 0.0681 e. The van der Waals surface area contributed by atoms with Gasteiger partial charge in [0.05, 0.1) is 11.4 Å². The van der Waals surface area contributed by atoms with Gasteiger partial charge in [0.1, 0.15) is 0 Å². The molecule has 0 radical (unpaired) electrons. The molecule has 0 atom stereocenters. The first-order chi connectivity index (χ1) is 17.8. The maximum absolute atomic E-state index is 5.01. The SMILES string of the molecule is CCN1C(=CC=CC=CC2=Nc3ccc4ccccc4c3C2(C)C)C(C)(C)c2c1ccc1ccccc21. The third-order valence-electron chi connectivity index (χ3n) is 8.21. The average Bonchev–Trinajstić information content (AvgIpc) is 3.29. The summed E-state index contributed by atoms with van der Waals surface area (Å²) < 4.78 is 0. The number of nitrogens with zero attached hydrogens (tertiary/aromatic N) is 2. The monoisotopic (exact) mass is 482 g/mol. The van der Waals surface area contributed by atoms with E-state index in [0.29, 0.717) is 0 Å². The van der Waals surface area contributed by atoms with Crippen molar-refractivity contribution < 1.29 is 0 Å². The summed E-state index contributed by atoms with van der Waals surface area (Å²) in [5.74, 6) is 0. The van der Waals surface area contributed by atoms with Gasteiger partial charge in [-0.1, -0.05) is 107 Å². The highest BCUT2D eigenvalue weighted by atomic mass is 15.2. The second-order valence-electron chi connectivity index (χ2n) is 11.1. The highest BCUT2D eigenvalue weighted by Gasteiger charge is 2.40. The molecule has 2 aliphatic rings. The first-order valence-corrected chi connectivity index (χ1v) is 13.3. The summed E-state index contributed by atoms with van der Waals surface area (Å²) in [6.07, 6.45) is 10.9. The molecule has 4 aromatic carbocycles. The summed E-state index contributed by atoms with van der Waals surface area (Å²) in [5.41, 5.74) is 7.41. The number of hydrogen-bond donors (Lipinski definition) is 0. The van der Waals surface area contributed by atoms with Crippen molar-refractivity contribution in [2.45, 2.75) is 45.4 Å². The van der Waals surface area contributed by atoms with Gasteiger partial charge in [0, 0.05) is 28.8 Å². The minimum atomic E-state index is -0.131. The molecule has 0 bridgehead atoms. The van der Waals surface area contributed by atoms with Crippen LogP contribution in [0.3, 0.4) is 0 Å². The van der Waals surface area contributed by atoms with E-state index in [0.717, 1.165) is 17.9 Å². The zero-order chi connectivity index (χ0) is 25.8. The minimum Gasteiger partial charge on any atom is -0.344 e. The lowest BCUT2D eigenvalue weighted by Crippen LogP contribution is -2.25. The lowest BCUT2D eigenvalue weighted by molar-refractivity contribution is 0.638. The van der Waals surface area contributed by atoms with Gasteiger partial charge in [-0.05, 0) is 63.9 Å². The van der Waals surface area contributed by atoms with Crippen LogP contribution in [-0.2, 0) is 10.8 Å². The Morgan fingerprint density at radius 1 is 0.703 bits per heavy atom. The summed E-state index contributed by atoms with van der Waals surface area (Å²) in [6, 6.07) is 26.2. The van der Waals surface area contributed by atoms with Gasteiger partial charge in [-0.3, -0.25) is 4.99 Å². The van der Waals surface area contributed by atoms with Crippen molar-refractivity contribution in [2.24, 2.45) is 4.99 Å². The van der Waals surface area contributed by atoms with Crippen LogP contribution < -0.4 is 4.90 Å². The van der Waals surface area contributed by atoms with Crippen LogP contribution in [0, 0.1) is 0 Å². The van der Waals surface area contributed by atoms with Gasteiger partial charge in [-0.15, -0.1) is 0 Å². The van der Waals surface area contributed by atoms with Gasteiger partial charge in [0.25, 0.3) is 0 Å². The molecule has 4 aromatic rings. The molecule has 2 aliphatic heterocycles. The Balaban J connectivity index is 1.29. The molecule has 0 N–H and O–H groups in total. The molecule has 0 saturated heterocycles. The van der Waals surface area contributed by atoms with Crippen molar-refractivity contribution in [2.75, 3.05) is 11.4 Å². The van der Waals surface area contributed by atoms with Crippen LogP contribution in [0.5, 0.6) is 0 Å². The van der Waals surface area contributed by atoms with E-state index in [-0.39, 0.29) is 10.8 Å². The molecule has 0 amide bonds. The van der Waals surface area contributed by atoms with Crippen molar-refractivity contribution in [1.29, 1.82) is 0 Å². The highest BCUT2D eigenvalue weighted by molar-refractivity contribution is 6.12. The van der Waals surface area contributed by atoms with Gasteiger partial charge in [0.2, 0.25) is 0 Å². The van der Waals surface area contributed by atoms with Gasteiger partial charge in [-0.2, -0.15) is 0 Å². The average molecular weight is 483 g/mol. The molecule has 0 fully saturated rings. The van der Waals surface area contributed by atoms with E-state index < -0.39 is 0 Å². The standard InChI is InChI=1S/C35H34N2/c1-6-37-29-23-21-25-15-11-13-17-27(25)33(29)35(4,5)31(37)19-9-7-8-18-30-34(2,3)32-26-16-12-10-14-24(26)20-22-28(32)36-30/h7-23H,6H2,1-5H3. The predicted molar refractivity (Wildman–Crippen MR) is 160 cm³/mol. The Labute approximate surface area is 220 Å². The lowest BCUT2D eigenvalue weighted by Gasteiger charge is -2.26. The van der Waals surface area contributed by atoms with E-state index >= 15 is 0 Å². The second-order valence-corrected chi connectivity index (χ2v) is 11.1. The first-order valence-electron chi connectivity index (χ1n) is 13.3. The maximum Gasteiger partial charge on any atom is 0.0681 e. The number of likely N-dealkylation sites (N-methyl/N-ethyl adjacent to an activating group) is 1. The fraction of sp³-hybridized carbons (Fsp3) is 0.229. The van der Waals surface area contributed by atoms with Gasteiger partial charge in [0.15, 0.2) is 0 Å². The fourth-order valence-corrected chi connectivity index (χ4v) is 6.39. The number of benzene rings is 4. The Morgan fingerprint density at radius 3 is 2.05 bits per heavy atom. The summed E-state index contributed by atoms with van der Waals surface area (Å²) in [6.45, 7) is 12.4. The van der Waals surface area contributed by atoms with E-state index in [4.69, 9.17) is 4.99 Å². The lowest BCUT2D eigenvalue weighted by atomic mass is 9.79. The molecule has 0 unspecified atom stereocenters. The van der Waals surface area contributed by atoms with Gasteiger partial charge >= 0.3 is 0 Å². The van der Waals surface area contributed by atoms with Gasteiger partial charge in [-0.25, -0.2) is 0 Å². The maximum atomic E-state index is 5.01. The Bertz CT molecular complexity index is 1660. The van der Waals surface area contributed by atoms with E-state index in [1.165, 1.54) is 44.1 Å². The fourth-order valence-electron chi connectivity index (χ4n) is 6.39. The van der Waals surface area contributed by atoms with E-state index in [1.54, 1.807) is 0 Å². The third kappa shape index (κ3) is 3.58. The highest BCUT2D eigenvalue weighted by Crippen LogP contribution is 2.50. The van der Waals surface area contributed by atoms with Crippen molar-refractivity contribution >= 4 is 38.6 Å². The predicted octanol–water partition coefficient (Wildman–Crippen LogP) is 9.17. The van der Waals surface area contributed by atoms with Gasteiger partial charge < -0.3 is 4.90 Å². The first kappa shape index (κ1) is 23.5. The van der Waals surface area contributed by atoms with Crippen LogP contribution in [0.4, 0.5) is 11.4 Å². The molecule has 0 aliphatic carbocycles. The van der Waals surface area contributed by atoms with E-state index in [2.05, 4.69) is 143 Å². The molecule has 184 valence electrons. The molecule has 37 heavy (non-hydrogen) atoms. The van der Waals surface area contributed by atoms with Crippen LogP contribution in [0.25, 0.3) is 21.5 Å². The number of allylic oxidation sites excluding steroid dienone is 6. The Morgan fingerprint density at radius 2 is 1.35 bits per heavy atom. The molecule has 0 aromatic heterocycles. The molecule has 2 heteroatoms. The molecular weight excluding hydrogens is 448 g/mol. The zero-order valence-electron chi connectivity index (χ0n) is 22.4. The summed E-state index contributed by atoms with van der Waals surface area (Å²) in [7, 11) is 0. The number of fused-ring (bicyclic) bond motifs is 6. The van der Waals surface area contributed by atoms with Crippen LogP contribution in [0.1, 0.15) is 45.7 Å².